The largest absolute Gasteiger partial charge is 0.481 e. The van der Waals surface area contributed by atoms with Gasteiger partial charge in [-0.25, -0.2) is 13.4 Å². The van der Waals surface area contributed by atoms with E-state index in [0.29, 0.717) is 30.8 Å². The lowest BCUT2D eigenvalue weighted by Gasteiger charge is -2.16. The van der Waals surface area contributed by atoms with Crippen LogP contribution in [0, 0.1) is 5.92 Å². The zero-order valence-electron chi connectivity index (χ0n) is 18.9. The second-order valence-corrected chi connectivity index (χ2v) is 8.59. The summed E-state index contributed by atoms with van der Waals surface area (Å²) < 4.78 is 25.1. The van der Waals surface area contributed by atoms with Gasteiger partial charge >= 0.3 is 5.97 Å². The Kier molecular flexibility index (Phi) is 9.76. The molecule has 1 atom stereocenters. The number of nitrogens with zero attached hydrogens (tertiary/aromatic N) is 1. The topological polar surface area (TPSA) is 135 Å². The average molecular weight is 498 g/mol. The van der Waals surface area contributed by atoms with Crippen molar-refractivity contribution in [3.8, 4) is 11.1 Å². The van der Waals surface area contributed by atoms with Crippen molar-refractivity contribution in [1.29, 1.82) is 0 Å². The minimum absolute atomic E-state index is 0.00914. The summed E-state index contributed by atoms with van der Waals surface area (Å²) >= 11 is 0. The summed E-state index contributed by atoms with van der Waals surface area (Å²) in [7, 11) is -2.95. The van der Waals surface area contributed by atoms with E-state index in [0.717, 1.165) is 16.7 Å². The molecule has 3 aromatic rings. The third-order valence-corrected chi connectivity index (χ3v) is 5.68. The number of aromatic nitrogens is 1. The zero-order chi connectivity index (χ0) is 25.0. The van der Waals surface area contributed by atoms with Gasteiger partial charge in [0.25, 0.3) is 16.9 Å². The highest BCUT2D eigenvalue weighted by molar-refractivity contribution is 7.67. The van der Waals surface area contributed by atoms with Crippen molar-refractivity contribution in [1.82, 2.24) is 10.3 Å². The van der Waals surface area contributed by atoms with Crippen molar-refractivity contribution >= 4 is 28.7 Å². The molecule has 0 fully saturated rings. The molecule has 10 heteroatoms. The summed E-state index contributed by atoms with van der Waals surface area (Å²) in [6, 6.07) is 21.2. The molecule has 3 N–H and O–H groups in total. The standard InChI is InChI=1S/C25H27N3O6S/c29-24(30)15-19(14-18-6-8-21(9-7-18)20-4-2-1-3-5-20)12-13-26-25(31)22-10-11-23(27-16-22)28-17-34-35(32)33/h1-11,16,19,35H,12-15,17H2,(H,26,31)(H,27,28)(H,29,30)/t19-/m0/s1. The first-order valence-corrected chi connectivity index (χ1v) is 12.1. The number of hydrogen-bond acceptors (Lipinski definition) is 7. The zero-order valence-corrected chi connectivity index (χ0v) is 19.8. The molecule has 2 aromatic carbocycles. The number of hydrogen-bond donors (Lipinski definition) is 4. The minimum Gasteiger partial charge on any atom is -0.481 e. The first kappa shape index (κ1) is 25.9. The number of carbonyl (C=O) groups excluding carboxylic acids is 1. The molecule has 0 saturated heterocycles. The van der Waals surface area contributed by atoms with Gasteiger partial charge in [-0.2, -0.15) is 0 Å². The molecule has 0 spiro atoms. The van der Waals surface area contributed by atoms with Gasteiger partial charge in [0.2, 0.25) is 0 Å². The van der Waals surface area contributed by atoms with Crippen LogP contribution in [0.15, 0.2) is 72.9 Å². The molecule has 0 radical (unpaired) electrons. The van der Waals surface area contributed by atoms with Crippen LogP contribution in [0.4, 0.5) is 5.82 Å². The molecular weight excluding hydrogens is 470 g/mol. The average Bonchev–Trinajstić information content (AvgIpc) is 2.85. The summed E-state index contributed by atoms with van der Waals surface area (Å²) in [5, 5.41) is 14.8. The number of anilines is 1. The number of carboxylic acids is 1. The number of pyridine rings is 1. The Morgan fingerprint density at radius 1 is 0.971 bits per heavy atom. The van der Waals surface area contributed by atoms with Crippen molar-refractivity contribution in [2.45, 2.75) is 19.3 Å². The molecule has 0 aliphatic heterocycles. The van der Waals surface area contributed by atoms with Gasteiger partial charge in [-0.3, -0.25) is 13.8 Å². The van der Waals surface area contributed by atoms with Gasteiger partial charge < -0.3 is 15.7 Å². The molecular formula is C25H27N3O6S. The molecule has 0 unspecified atom stereocenters. The maximum absolute atomic E-state index is 12.4. The Balaban J connectivity index is 1.50. The molecule has 0 aliphatic carbocycles. The first-order chi connectivity index (χ1) is 16.9. The number of thiol groups is 1. The second-order valence-electron chi connectivity index (χ2n) is 7.88. The molecule has 0 saturated carbocycles. The summed E-state index contributed by atoms with van der Waals surface area (Å²) in [5.74, 6) is -0.977. The highest BCUT2D eigenvalue weighted by Crippen LogP contribution is 2.22. The van der Waals surface area contributed by atoms with Crippen LogP contribution >= 0.6 is 0 Å². The maximum atomic E-state index is 12.4. The Hall–Kier alpha value is -3.76. The predicted octanol–water partition coefficient (Wildman–Crippen LogP) is 3.11. The normalized spacial score (nSPS) is 11.7. The minimum atomic E-state index is -2.95. The number of rotatable bonds is 13. The molecule has 0 aliphatic rings. The first-order valence-electron chi connectivity index (χ1n) is 11.0. The lowest BCUT2D eigenvalue weighted by Crippen LogP contribution is -2.27. The summed E-state index contributed by atoms with van der Waals surface area (Å²) in [6.45, 7) is 0.0699. The van der Waals surface area contributed by atoms with E-state index < -0.39 is 17.0 Å². The van der Waals surface area contributed by atoms with Gasteiger partial charge in [0.05, 0.1) is 5.56 Å². The van der Waals surface area contributed by atoms with Crippen LogP contribution in [0.3, 0.4) is 0 Å². The maximum Gasteiger partial charge on any atom is 0.303 e. The fraction of sp³-hybridized carbons (Fsp3) is 0.240. The van der Waals surface area contributed by atoms with E-state index in [-0.39, 0.29) is 25.0 Å². The number of carboxylic acid groups (broad SMARTS) is 1. The molecule has 1 heterocycles. The van der Waals surface area contributed by atoms with Crippen LogP contribution in [0.2, 0.25) is 0 Å². The van der Waals surface area contributed by atoms with Gasteiger partial charge in [-0.15, -0.1) is 0 Å². The fourth-order valence-corrected chi connectivity index (χ4v) is 3.77. The number of carbonyl (C=O) groups is 2. The lowest BCUT2D eigenvalue weighted by atomic mass is 9.92. The molecule has 184 valence electrons. The molecule has 9 nitrogen and oxygen atoms in total. The second kappa shape index (κ2) is 13.2. The third kappa shape index (κ3) is 8.84. The van der Waals surface area contributed by atoms with Gasteiger partial charge in [0, 0.05) is 19.2 Å². The monoisotopic (exact) mass is 497 g/mol. The summed E-state index contributed by atoms with van der Waals surface area (Å²) in [6.07, 6.45) is 2.47. The number of amides is 1. The molecule has 3 rings (SSSR count). The van der Waals surface area contributed by atoms with Crippen LogP contribution in [0.25, 0.3) is 11.1 Å². The van der Waals surface area contributed by atoms with E-state index in [4.69, 9.17) is 0 Å². The van der Waals surface area contributed by atoms with Crippen molar-refractivity contribution in [2.24, 2.45) is 5.92 Å². The van der Waals surface area contributed by atoms with Gasteiger partial charge in [-0.05, 0) is 47.6 Å². The Morgan fingerprint density at radius 2 is 1.69 bits per heavy atom. The van der Waals surface area contributed by atoms with Gasteiger partial charge in [0.1, 0.15) is 12.5 Å². The highest BCUT2D eigenvalue weighted by atomic mass is 32.2. The van der Waals surface area contributed by atoms with Gasteiger partial charge in [0.15, 0.2) is 0 Å². The fourth-order valence-electron chi connectivity index (χ4n) is 3.60. The van der Waals surface area contributed by atoms with E-state index in [1.54, 1.807) is 6.07 Å². The van der Waals surface area contributed by atoms with Crippen LogP contribution in [0.5, 0.6) is 0 Å². The van der Waals surface area contributed by atoms with E-state index in [1.165, 1.54) is 12.3 Å². The SMILES string of the molecule is O=C(O)C[C@@H](CCNC(=O)c1ccc(NCO[SH](=O)=O)nc1)Cc1ccc(-c2ccccc2)cc1. The van der Waals surface area contributed by atoms with Crippen molar-refractivity contribution in [2.75, 3.05) is 18.6 Å². The highest BCUT2D eigenvalue weighted by Gasteiger charge is 2.15. The molecule has 1 amide bonds. The number of benzene rings is 2. The van der Waals surface area contributed by atoms with Crippen molar-refractivity contribution in [3.63, 3.8) is 0 Å². The van der Waals surface area contributed by atoms with Crippen LogP contribution in [0.1, 0.15) is 28.8 Å². The third-order valence-electron chi connectivity index (χ3n) is 5.34. The van der Waals surface area contributed by atoms with Crippen LogP contribution in [-0.2, 0) is 26.4 Å². The van der Waals surface area contributed by atoms with Crippen molar-refractivity contribution < 1.29 is 27.3 Å². The summed E-state index contributed by atoms with van der Waals surface area (Å²) in [5.41, 5.74) is 3.59. The predicted molar refractivity (Wildman–Crippen MR) is 132 cm³/mol. The summed E-state index contributed by atoms with van der Waals surface area (Å²) in [4.78, 5) is 27.8. The van der Waals surface area contributed by atoms with E-state index >= 15 is 0 Å². The molecule has 1 aromatic heterocycles. The Morgan fingerprint density at radius 3 is 2.31 bits per heavy atom. The Bertz CT molecular complexity index is 1170. The molecule has 35 heavy (non-hydrogen) atoms. The van der Waals surface area contributed by atoms with Crippen LogP contribution < -0.4 is 10.6 Å². The molecule has 0 bridgehead atoms. The smallest absolute Gasteiger partial charge is 0.303 e. The number of aliphatic carboxylic acids is 1. The Labute approximate surface area is 205 Å². The number of nitrogens with one attached hydrogen (secondary N) is 2. The van der Waals surface area contributed by atoms with Gasteiger partial charge in [-0.1, -0.05) is 54.6 Å². The van der Waals surface area contributed by atoms with Crippen LogP contribution in [-0.4, -0.2) is 43.7 Å². The van der Waals surface area contributed by atoms with E-state index in [9.17, 15) is 23.1 Å². The lowest BCUT2D eigenvalue weighted by molar-refractivity contribution is -0.138. The van der Waals surface area contributed by atoms with Crippen molar-refractivity contribution in [3.05, 3.63) is 84.1 Å². The quantitative estimate of drug-likeness (QED) is 0.209. The van der Waals surface area contributed by atoms with E-state index in [2.05, 4.69) is 19.8 Å². The van der Waals surface area contributed by atoms with E-state index in [1.807, 2.05) is 54.6 Å².